The van der Waals surface area contributed by atoms with Crippen LogP contribution in [0.2, 0.25) is 5.02 Å². The maximum atomic E-state index is 5.79. The van der Waals surface area contributed by atoms with Crippen molar-refractivity contribution in [3.63, 3.8) is 0 Å². The van der Waals surface area contributed by atoms with Crippen LogP contribution < -0.4 is 0 Å². The molecule has 29 heavy (non-hydrogen) atoms. The molecule has 0 bridgehead atoms. The highest BCUT2D eigenvalue weighted by molar-refractivity contribution is 6.30. The van der Waals surface area contributed by atoms with E-state index in [9.17, 15) is 0 Å². The SMILES string of the molecule is CC(C)c1cccc(Cl)c1.CC(C)c1ccccc1.Cc1ccncc1C(C)C. The lowest BCUT2D eigenvalue weighted by Crippen LogP contribution is -1.91. The molecule has 1 nitrogen and oxygen atoms in total. The molecule has 0 aliphatic rings. The Kier molecular flexibility index (Phi) is 11.3. The number of aryl methyl sites for hydroxylation is 1. The van der Waals surface area contributed by atoms with Crippen molar-refractivity contribution in [2.24, 2.45) is 0 Å². The fraction of sp³-hybridized carbons (Fsp3) is 0.370. The lowest BCUT2D eigenvalue weighted by molar-refractivity contribution is 0.847. The number of hydrogen-bond donors (Lipinski definition) is 0. The molecule has 3 aromatic rings. The van der Waals surface area contributed by atoms with Crippen LogP contribution in [0.4, 0.5) is 0 Å². The molecule has 0 unspecified atom stereocenters. The van der Waals surface area contributed by atoms with Gasteiger partial charge >= 0.3 is 0 Å². The number of nitrogens with zero attached hydrogens (tertiary/aromatic N) is 1. The predicted octanol–water partition coefficient (Wildman–Crippen LogP) is 8.79. The lowest BCUT2D eigenvalue weighted by Gasteiger charge is -2.06. The van der Waals surface area contributed by atoms with Gasteiger partial charge in [-0.05, 0) is 65.1 Å². The summed E-state index contributed by atoms with van der Waals surface area (Å²) in [6.07, 6.45) is 3.78. The van der Waals surface area contributed by atoms with Crippen molar-refractivity contribution >= 4 is 11.6 Å². The van der Waals surface area contributed by atoms with Crippen molar-refractivity contribution in [1.29, 1.82) is 0 Å². The van der Waals surface area contributed by atoms with E-state index >= 15 is 0 Å². The minimum absolute atomic E-state index is 0.568. The topological polar surface area (TPSA) is 12.9 Å². The molecule has 0 spiro atoms. The smallest absolute Gasteiger partial charge is 0.0408 e. The second kappa shape index (κ2) is 13.2. The van der Waals surface area contributed by atoms with E-state index in [1.165, 1.54) is 22.3 Å². The van der Waals surface area contributed by atoms with Gasteiger partial charge in [-0.15, -0.1) is 0 Å². The average molecular weight is 410 g/mol. The van der Waals surface area contributed by atoms with Crippen LogP contribution in [-0.2, 0) is 0 Å². The van der Waals surface area contributed by atoms with E-state index in [1.54, 1.807) is 0 Å². The van der Waals surface area contributed by atoms with E-state index in [-0.39, 0.29) is 0 Å². The summed E-state index contributed by atoms with van der Waals surface area (Å²) in [6.45, 7) is 15.2. The highest BCUT2D eigenvalue weighted by atomic mass is 35.5. The molecule has 1 heterocycles. The Morgan fingerprint density at radius 1 is 0.690 bits per heavy atom. The number of rotatable bonds is 3. The summed E-state index contributed by atoms with van der Waals surface area (Å²) >= 11 is 5.79. The van der Waals surface area contributed by atoms with E-state index in [4.69, 9.17) is 11.6 Å². The highest BCUT2D eigenvalue weighted by Crippen LogP contribution is 2.18. The largest absolute Gasteiger partial charge is 0.264 e. The van der Waals surface area contributed by atoms with Crippen LogP contribution in [-0.4, -0.2) is 4.98 Å². The van der Waals surface area contributed by atoms with Crippen molar-refractivity contribution in [3.05, 3.63) is 100 Å². The van der Waals surface area contributed by atoms with Gasteiger partial charge in [0.2, 0.25) is 0 Å². The Morgan fingerprint density at radius 2 is 1.28 bits per heavy atom. The molecular formula is C27H36ClN. The Morgan fingerprint density at radius 3 is 1.66 bits per heavy atom. The fourth-order valence-corrected chi connectivity index (χ4v) is 2.98. The van der Waals surface area contributed by atoms with Crippen LogP contribution in [0.5, 0.6) is 0 Å². The summed E-state index contributed by atoms with van der Waals surface area (Å²) in [6, 6.07) is 20.6. The Balaban J connectivity index is 0.000000218. The number of pyridine rings is 1. The molecule has 2 heteroatoms. The van der Waals surface area contributed by atoms with Gasteiger partial charge in [-0.25, -0.2) is 0 Å². The van der Waals surface area contributed by atoms with Crippen LogP contribution in [0, 0.1) is 6.92 Å². The summed E-state index contributed by atoms with van der Waals surface area (Å²) in [4.78, 5) is 4.07. The first-order valence-electron chi connectivity index (χ1n) is 10.4. The summed E-state index contributed by atoms with van der Waals surface area (Å²) < 4.78 is 0. The predicted molar refractivity (Wildman–Crippen MR) is 129 cm³/mol. The van der Waals surface area contributed by atoms with E-state index in [0.29, 0.717) is 17.8 Å². The third-order valence-corrected chi connectivity index (χ3v) is 4.92. The third kappa shape index (κ3) is 9.76. The zero-order valence-corrected chi connectivity index (χ0v) is 19.7. The van der Waals surface area contributed by atoms with Crippen LogP contribution in [0.25, 0.3) is 0 Å². The van der Waals surface area contributed by atoms with Gasteiger partial charge in [-0.2, -0.15) is 0 Å². The molecule has 0 aliphatic carbocycles. The number of halogens is 1. The number of benzene rings is 2. The second-order valence-electron chi connectivity index (χ2n) is 8.16. The van der Waals surface area contributed by atoms with Gasteiger partial charge in [0.05, 0.1) is 0 Å². The fourth-order valence-electron chi connectivity index (χ4n) is 2.78. The van der Waals surface area contributed by atoms with Crippen molar-refractivity contribution < 1.29 is 0 Å². The summed E-state index contributed by atoms with van der Waals surface area (Å²) in [5.41, 5.74) is 5.40. The van der Waals surface area contributed by atoms with Crippen molar-refractivity contribution in [3.8, 4) is 0 Å². The van der Waals surface area contributed by atoms with Crippen LogP contribution in [0.15, 0.2) is 73.1 Å². The Hall–Kier alpha value is -2.12. The molecule has 0 saturated carbocycles. The first-order chi connectivity index (χ1) is 13.7. The summed E-state index contributed by atoms with van der Waals surface area (Å²) in [5, 5.41) is 0.825. The van der Waals surface area contributed by atoms with Gasteiger partial charge in [-0.1, -0.05) is 95.6 Å². The molecule has 0 N–H and O–H groups in total. The third-order valence-electron chi connectivity index (χ3n) is 4.68. The van der Waals surface area contributed by atoms with Crippen LogP contribution in [0.1, 0.15) is 81.5 Å². The summed E-state index contributed by atoms with van der Waals surface area (Å²) in [5.74, 6) is 1.82. The Labute approximate surface area is 183 Å². The zero-order valence-electron chi connectivity index (χ0n) is 19.0. The average Bonchev–Trinajstić information content (AvgIpc) is 2.70. The van der Waals surface area contributed by atoms with Gasteiger partial charge in [-0.3, -0.25) is 4.98 Å². The molecular weight excluding hydrogens is 374 g/mol. The first kappa shape index (κ1) is 24.9. The standard InChI is InChI=1S/C9H11Cl.C9H13N.C9H12/c1-7(2)8-4-3-5-9(10)6-8;1-7(2)9-6-10-5-4-8(9)3;1-8(2)9-6-4-3-5-7-9/h3-7H,1-2H3;4-7H,1-3H3;3-8H,1-2H3. The van der Waals surface area contributed by atoms with Gasteiger partial charge in [0, 0.05) is 17.4 Å². The first-order valence-corrected chi connectivity index (χ1v) is 10.8. The molecule has 156 valence electrons. The number of hydrogen-bond acceptors (Lipinski definition) is 1. The maximum absolute atomic E-state index is 5.79. The quantitative estimate of drug-likeness (QED) is 0.421. The van der Waals surface area contributed by atoms with Crippen molar-refractivity contribution in [2.45, 2.75) is 66.2 Å². The molecule has 0 fully saturated rings. The van der Waals surface area contributed by atoms with Crippen LogP contribution in [0.3, 0.4) is 0 Å². The van der Waals surface area contributed by atoms with E-state index in [2.05, 4.69) is 89.8 Å². The lowest BCUT2D eigenvalue weighted by atomic mass is 10.0. The van der Waals surface area contributed by atoms with Crippen molar-refractivity contribution in [1.82, 2.24) is 4.98 Å². The second-order valence-corrected chi connectivity index (χ2v) is 8.60. The van der Waals surface area contributed by atoms with Gasteiger partial charge in [0.15, 0.2) is 0 Å². The highest BCUT2D eigenvalue weighted by Gasteiger charge is 2.00. The molecule has 2 aromatic carbocycles. The molecule has 0 saturated heterocycles. The molecule has 3 rings (SSSR count). The van der Waals surface area contributed by atoms with Gasteiger partial charge < -0.3 is 0 Å². The van der Waals surface area contributed by atoms with E-state index in [1.807, 2.05) is 36.7 Å². The van der Waals surface area contributed by atoms with Crippen LogP contribution >= 0.6 is 11.6 Å². The molecule has 0 aliphatic heterocycles. The van der Waals surface area contributed by atoms with Crippen molar-refractivity contribution in [2.75, 3.05) is 0 Å². The van der Waals surface area contributed by atoms with Gasteiger partial charge in [0.1, 0.15) is 0 Å². The monoisotopic (exact) mass is 409 g/mol. The number of aromatic nitrogens is 1. The molecule has 0 atom stereocenters. The normalized spacial score (nSPS) is 10.3. The van der Waals surface area contributed by atoms with Gasteiger partial charge in [0.25, 0.3) is 0 Å². The zero-order chi connectivity index (χ0) is 21.8. The summed E-state index contributed by atoms with van der Waals surface area (Å²) in [7, 11) is 0. The minimum Gasteiger partial charge on any atom is -0.264 e. The van der Waals surface area contributed by atoms with E-state index in [0.717, 1.165) is 5.02 Å². The van der Waals surface area contributed by atoms with E-state index < -0.39 is 0 Å². The molecule has 0 amide bonds. The maximum Gasteiger partial charge on any atom is 0.0408 e. The Bertz CT molecular complexity index is 823. The molecule has 1 aromatic heterocycles. The molecule has 0 radical (unpaired) electrons. The minimum atomic E-state index is 0.568.